The van der Waals surface area contributed by atoms with E-state index >= 15 is 0 Å². The molecule has 0 aromatic carbocycles. The van der Waals surface area contributed by atoms with Crippen LogP contribution in [0.15, 0.2) is 12.3 Å². The van der Waals surface area contributed by atoms with Crippen LogP contribution in [0.2, 0.25) is 0 Å². The van der Waals surface area contributed by atoms with Crippen molar-refractivity contribution >= 4 is 11.6 Å². The molecule has 0 spiro atoms. The molecule has 0 saturated heterocycles. The van der Waals surface area contributed by atoms with Crippen LogP contribution in [0, 0.1) is 19.7 Å². The first-order valence-corrected chi connectivity index (χ1v) is 5.94. The molecular formula is C12H13ClFN3O. The van der Waals surface area contributed by atoms with Gasteiger partial charge in [0.1, 0.15) is 11.5 Å². The van der Waals surface area contributed by atoms with E-state index in [2.05, 4.69) is 10.1 Å². The summed E-state index contributed by atoms with van der Waals surface area (Å²) < 4.78 is 20.5. The molecule has 0 N–H and O–H groups in total. The van der Waals surface area contributed by atoms with Crippen molar-refractivity contribution in [2.45, 2.75) is 19.7 Å². The summed E-state index contributed by atoms with van der Waals surface area (Å²) >= 11 is 5.75. The summed E-state index contributed by atoms with van der Waals surface area (Å²) in [5.41, 5.74) is 2.14. The van der Waals surface area contributed by atoms with Crippen molar-refractivity contribution in [3.8, 4) is 11.6 Å². The van der Waals surface area contributed by atoms with E-state index < -0.39 is 5.82 Å². The van der Waals surface area contributed by atoms with Crippen molar-refractivity contribution in [1.29, 1.82) is 0 Å². The molecule has 0 bridgehead atoms. The van der Waals surface area contributed by atoms with Crippen molar-refractivity contribution in [1.82, 2.24) is 14.8 Å². The van der Waals surface area contributed by atoms with E-state index in [1.807, 2.05) is 20.9 Å². The molecule has 2 heterocycles. The van der Waals surface area contributed by atoms with Gasteiger partial charge in [0.25, 0.3) is 0 Å². The fraction of sp³-hybridized carbons (Fsp3) is 0.333. The van der Waals surface area contributed by atoms with Crippen molar-refractivity contribution in [2.75, 3.05) is 0 Å². The molecule has 0 saturated carbocycles. The maximum atomic E-state index is 13.0. The molecule has 0 unspecified atom stereocenters. The van der Waals surface area contributed by atoms with Crippen LogP contribution < -0.4 is 4.74 Å². The zero-order chi connectivity index (χ0) is 13.3. The van der Waals surface area contributed by atoms with Crippen LogP contribution in [0.1, 0.15) is 17.0 Å². The van der Waals surface area contributed by atoms with Crippen LogP contribution in [0.3, 0.4) is 0 Å². The first kappa shape index (κ1) is 12.8. The largest absolute Gasteiger partial charge is 0.435 e. The zero-order valence-corrected chi connectivity index (χ0v) is 11.1. The van der Waals surface area contributed by atoms with Gasteiger partial charge in [-0.1, -0.05) is 0 Å². The molecule has 18 heavy (non-hydrogen) atoms. The van der Waals surface area contributed by atoms with Crippen LogP contribution in [0.4, 0.5) is 4.39 Å². The van der Waals surface area contributed by atoms with Gasteiger partial charge in [-0.25, -0.2) is 9.37 Å². The monoisotopic (exact) mass is 269 g/mol. The van der Waals surface area contributed by atoms with Crippen LogP contribution in [-0.2, 0) is 12.9 Å². The Hall–Kier alpha value is -1.62. The second-order valence-electron chi connectivity index (χ2n) is 3.98. The van der Waals surface area contributed by atoms with E-state index in [1.165, 1.54) is 6.07 Å². The molecule has 96 valence electrons. The van der Waals surface area contributed by atoms with E-state index in [4.69, 9.17) is 16.3 Å². The number of ether oxygens (including phenoxy) is 1. The van der Waals surface area contributed by atoms with Gasteiger partial charge in [-0.05, 0) is 19.9 Å². The molecule has 0 aliphatic heterocycles. The molecule has 0 atom stereocenters. The molecule has 0 amide bonds. The molecular weight excluding hydrogens is 257 g/mol. The average molecular weight is 270 g/mol. The fourth-order valence-corrected chi connectivity index (χ4v) is 1.85. The summed E-state index contributed by atoms with van der Waals surface area (Å²) in [6.07, 6.45) is 1.10. The average Bonchev–Trinajstić information content (AvgIpc) is 2.58. The smallest absolute Gasteiger partial charge is 0.224 e. The third kappa shape index (κ3) is 2.31. The molecule has 0 fully saturated rings. The number of nitrogens with zero attached hydrogens (tertiary/aromatic N) is 3. The topological polar surface area (TPSA) is 39.9 Å². The normalized spacial score (nSPS) is 10.7. The van der Waals surface area contributed by atoms with E-state index in [1.54, 1.807) is 4.68 Å². The van der Waals surface area contributed by atoms with Crippen LogP contribution >= 0.6 is 11.6 Å². The number of halogens is 2. The molecule has 0 aliphatic carbocycles. The number of alkyl halides is 1. The van der Waals surface area contributed by atoms with E-state index in [-0.39, 0.29) is 5.88 Å². The Labute approximate surface area is 109 Å². The molecule has 2 aromatic heterocycles. The number of rotatable bonds is 3. The van der Waals surface area contributed by atoms with Crippen LogP contribution in [-0.4, -0.2) is 14.8 Å². The number of pyridine rings is 1. The molecule has 2 rings (SSSR count). The summed E-state index contributed by atoms with van der Waals surface area (Å²) in [5, 5.41) is 4.24. The SMILES string of the molecule is Cc1nn(C)c(C)c1Oc1ncc(F)cc1CCl. The van der Waals surface area contributed by atoms with Gasteiger partial charge in [0.15, 0.2) is 5.75 Å². The van der Waals surface area contributed by atoms with Gasteiger partial charge in [-0.15, -0.1) is 11.6 Å². The van der Waals surface area contributed by atoms with E-state index in [0.717, 1.165) is 17.6 Å². The molecule has 0 radical (unpaired) electrons. The molecule has 6 heteroatoms. The van der Waals surface area contributed by atoms with Crippen molar-refractivity contribution in [3.63, 3.8) is 0 Å². The summed E-state index contributed by atoms with van der Waals surface area (Å²) in [6, 6.07) is 1.32. The predicted octanol–water partition coefficient (Wildman–Crippen LogP) is 3.10. The standard InChI is InChI=1S/C12H13ClFN3O/c1-7-11(8(2)17(3)16-7)18-12-9(5-13)4-10(14)6-15-12/h4,6H,5H2,1-3H3. The third-order valence-electron chi connectivity index (χ3n) is 2.68. The third-order valence-corrected chi connectivity index (χ3v) is 2.97. The summed E-state index contributed by atoms with van der Waals surface area (Å²) in [6.45, 7) is 3.73. The maximum absolute atomic E-state index is 13.0. The van der Waals surface area contributed by atoms with E-state index in [0.29, 0.717) is 17.2 Å². The second kappa shape index (κ2) is 4.94. The summed E-state index contributed by atoms with van der Waals surface area (Å²) in [5.74, 6) is 0.643. The Bertz CT molecular complexity index is 583. The van der Waals surface area contributed by atoms with Gasteiger partial charge in [0, 0.05) is 12.6 Å². The highest BCUT2D eigenvalue weighted by Gasteiger charge is 2.15. The van der Waals surface area contributed by atoms with Crippen LogP contribution in [0.5, 0.6) is 11.6 Å². The van der Waals surface area contributed by atoms with Crippen LogP contribution in [0.25, 0.3) is 0 Å². The Morgan fingerprint density at radius 3 is 2.72 bits per heavy atom. The number of aryl methyl sites for hydroxylation is 2. The Morgan fingerprint density at radius 1 is 1.44 bits per heavy atom. The highest BCUT2D eigenvalue weighted by atomic mass is 35.5. The van der Waals surface area contributed by atoms with Gasteiger partial charge in [-0.3, -0.25) is 4.68 Å². The first-order chi connectivity index (χ1) is 8.52. The van der Waals surface area contributed by atoms with Gasteiger partial charge in [-0.2, -0.15) is 5.10 Å². The number of hydrogen-bond acceptors (Lipinski definition) is 3. The van der Waals surface area contributed by atoms with Gasteiger partial charge in [0.05, 0.1) is 17.8 Å². The minimum atomic E-state index is -0.433. The lowest BCUT2D eigenvalue weighted by atomic mass is 10.3. The predicted molar refractivity (Wildman–Crippen MR) is 66.5 cm³/mol. The molecule has 0 aliphatic rings. The summed E-state index contributed by atoms with van der Waals surface area (Å²) in [7, 11) is 1.83. The van der Waals surface area contributed by atoms with Crippen molar-refractivity contribution in [3.05, 3.63) is 35.0 Å². The lowest BCUT2D eigenvalue weighted by Crippen LogP contribution is -1.97. The lowest BCUT2D eigenvalue weighted by molar-refractivity contribution is 0.447. The maximum Gasteiger partial charge on any atom is 0.224 e. The lowest BCUT2D eigenvalue weighted by Gasteiger charge is -2.08. The minimum Gasteiger partial charge on any atom is -0.435 e. The Balaban J connectivity index is 2.39. The van der Waals surface area contributed by atoms with Gasteiger partial charge < -0.3 is 4.74 Å². The zero-order valence-electron chi connectivity index (χ0n) is 10.4. The molecule has 4 nitrogen and oxygen atoms in total. The van der Waals surface area contributed by atoms with Gasteiger partial charge >= 0.3 is 0 Å². The highest BCUT2D eigenvalue weighted by molar-refractivity contribution is 6.17. The fourth-order valence-electron chi connectivity index (χ4n) is 1.65. The Morgan fingerprint density at radius 2 is 2.17 bits per heavy atom. The summed E-state index contributed by atoms with van der Waals surface area (Å²) in [4.78, 5) is 3.92. The quantitative estimate of drug-likeness (QED) is 0.804. The second-order valence-corrected chi connectivity index (χ2v) is 4.24. The minimum absolute atomic E-state index is 0.137. The molecule has 2 aromatic rings. The first-order valence-electron chi connectivity index (χ1n) is 5.41. The highest BCUT2D eigenvalue weighted by Crippen LogP contribution is 2.29. The number of hydrogen-bond donors (Lipinski definition) is 0. The van der Waals surface area contributed by atoms with Crippen molar-refractivity contribution in [2.24, 2.45) is 7.05 Å². The van der Waals surface area contributed by atoms with E-state index in [9.17, 15) is 4.39 Å². The van der Waals surface area contributed by atoms with Gasteiger partial charge in [0.2, 0.25) is 5.88 Å². The van der Waals surface area contributed by atoms with Crippen molar-refractivity contribution < 1.29 is 9.13 Å². The Kier molecular flexibility index (Phi) is 3.52. The number of aromatic nitrogens is 3.